The lowest BCUT2D eigenvalue weighted by Crippen LogP contribution is -2.52. The molecule has 14 nitrogen and oxygen atoms in total. The van der Waals surface area contributed by atoms with Crippen molar-refractivity contribution < 1.29 is 28.7 Å². The number of nitrogens with zero attached hydrogens (tertiary/aromatic N) is 4. The topological polar surface area (TPSA) is 193 Å². The van der Waals surface area contributed by atoms with Crippen LogP contribution in [0.4, 0.5) is 0 Å². The van der Waals surface area contributed by atoms with Crippen LogP contribution < -0.4 is 21.3 Å². The molecule has 0 aliphatic carbocycles. The van der Waals surface area contributed by atoms with Crippen molar-refractivity contribution in [2.45, 2.75) is 76.2 Å². The standard InChI is InChI=1S/C28H36N8O6/c1-18(37)24-27(41)30-12-6-5-10-20(32-23(38)11-7-13-36-17-29-16-31-36)25(39)33-21(14-19-8-3-2-4-9-19)28-34-22(15-42-28)26(40)35-24/h2-4,8-9,15-18,20-21,24,37H,5-7,10-14H2,1H3,(H,30,41)(H,32,38)(H,33,39)(H,35,40)/t18-,20+,21+,24+/m1/s1. The Morgan fingerprint density at radius 3 is 2.71 bits per heavy atom. The number of carbonyl (C=O) groups excluding carboxylic acids is 4. The first-order valence-corrected chi connectivity index (χ1v) is 14.0. The second-order valence-electron chi connectivity index (χ2n) is 10.2. The van der Waals surface area contributed by atoms with E-state index in [0.29, 0.717) is 38.6 Å². The van der Waals surface area contributed by atoms with Crippen LogP contribution in [0.15, 0.2) is 53.7 Å². The van der Waals surface area contributed by atoms with E-state index >= 15 is 0 Å². The Labute approximate surface area is 242 Å². The Balaban J connectivity index is 1.54. The number of fused-ring (bicyclic) bond motifs is 2. The van der Waals surface area contributed by atoms with E-state index < -0.39 is 42.0 Å². The SMILES string of the molecule is C[C@@H](O)[C@@H]1NC(=O)c2coc(n2)[C@H](Cc2ccccc2)NC(=O)[C@@H](NC(=O)CCCn2cncn2)CCCCNC1=O. The van der Waals surface area contributed by atoms with Gasteiger partial charge in [0.25, 0.3) is 5.91 Å². The molecule has 0 fully saturated rings. The number of amides is 4. The van der Waals surface area contributed by atoms with Crippen LogP contribution in [0.3, 0.4) is 0 Å². The van der Waals surface area contributed by atoms with Crippen LogP contribution in [-0.2, 0) is 27.3 Å². The van der Waals surface area contributed by atoms with Crippen molar-refractivity contribution in [1.82, 2.24) is 41.0 Å². The van der Waals surface area contributed by atoms with Crippen LogP contribution in [0, 0.1) is 0 Å². The summed E-state index contributed by atoms with van der Waals surface area (Å²) in [6.45, 7) is 2.17. The minimum Gasteiger partial charge on any atom is -0.446 e. The molecule has 0 radical (unpaired) electrons. The Bertz CT molecular complexity index is 1330. The molecule has 4 rings (SSSR count). The lowest BCUT2D eigenvalue weighted by atomic mass is 10.0. The molecule has 224 valence electrons. The van der Waals surface area contributed by atoms with Gasteiger partial charge in [0.05, 0.1) is 6.10 Å². The lowest BCUT2D eigenvalue weighted by molar-refractivity contribution is -0.129. The Kier molecular flexibility index (Phi) is 10.8. The van der Waals surface area contributed by atoms with Crippen molar-refractivity contribution in [1.29, 1.82) is 0 Å². The summed E-state index contributed by atoms with van der Waals surface area (Å²) in [5.41, 5.74) is 0.779. The van der Waals surface area contributed by atoms with Crippen LogP contribution in [0.5, 0.6) is 0 Å². The van der Waals surface area contributed by atoms with E-state index in [1.54, 1.807) is 11.0 Å². The third kappa shape index (κ3) is 8.70. The number of hydrogen-bond donors (Lipinski definition) is 5. The molecule has 14 heteroatoms. The van der Waals surface area contributed by atoms with Gasteiger partial charge in [-0.1, -0.05) is 30.3 Å². The van der Waals surface area contributed by atoms with Gasteiger partial charge in [-0.3, -0.25) is 23.9 Å². The molecule has 2 aromatic heterocycles. The molecule has 4 atom stereocenters. The summed E-state index contributed by atoms with van der Waals surface area (Å²) < 4.78 is 7.25. The summed E-state index contributed by atoms with van der Waals surface area (Å²) in [4.78, 5) is 60.1. The number of rotatable bonds is 8. The average molecular weight is 581 g/mol. The van der Waals surface area contributed by atoms with Gasteiger partial charge in [-0.15, -0.1) is 0 Å². The van der Waals surface area contributed by atoms with Gasteiger partial charge >= 0.3 is 0 Å². The molecular formula is C28H36N8O6. The third-order valence-electron chi connectivity index (χ3n) is 6.83. The van der Waals surface area contributed by atoms with Crippen molar-refractivity contribution in [2.75, 3.05) is 6.54 Å². The molecule has 1 aliphatic rings. The van der Waals surface area contributed by atoms with Crippen molar-refractivity contribution in [3.05, 3.63) is 66.4 Å². The van der Waals surface area contributed by atoms with E-state index in [-0.39, 0.29) is 30.5 Å². The Hall–Kier alpha value is -4.59. The molecule has 1 aliphatic heterocycles. The number of aromatic nitrogens is 4. The molecule has 0 saturated carbocycles. The molecule has 0 spiro atoms. The fourth-order valence-corrected chi connectivity index (χ4v) is 4.57. The maximum atomic E-state index is 13.6. The fraction of sp³-hybridized carbons (Fsp3) is 0.464. The van der Waals surface area contributed by atoms with Gasteiger partial charge in [0.1, 0.15) is 37.0 Å². The number of carbonyl (C=O) groups is 4. The zero-order chi connectivity index (χ0) is 29.9. The third-order valence-corrected chi connectivity index (χ3v) is 6.83. The van der Waals surface area contributed by atoms with Crippen LogP contribution >= 0.6 is 0 Å². The number of nitrogens with one attached hydrogen (secondary N) is 4. The highest BCUT2D eigenvalue weighted by Gasteiger charge is 2.30. The predicted molar refractivity (Wildman–Crippen MR) is 149 cm³/mol. The number of oxazole rings is 1. The molecule has 1 aromatic carbocycles. The predicted octanol–water partition coefficient (Wildman–Crippen LogP) is 0.411. The Morgan fingerprint density at radius 1 is 1.17 bits per heavy atom. The summed E-state index contributed by atoms with van der Waals surface area (Å²) >= 11 is 0. The maximum Gasteiger partial charge on any atom is 0.273 e. The molecular weight excluding hydrogens is 544 g/mol. The van der Waals surface area contributed by atoms with E-state index in [1.807, 2.05) is 30.3 Å². The molecule has 2 bridgehead atoms. The highest BCUT2D eigenvalue weighted by Crippen LogP contribution is 2.20. The van der Waals surface area contributed by atoms with Crippen molar-refractivity contribution in [3.63, 3.8) is 0 Å². The number of aliphatic hydroxyl groups is 1. The summed E-state index contributed by atoms with van der Waals surface area (Å²) in [5, 5.41) is 25.2. The largest absolute Gasteiger partial charge is 0.446 e. The van der Waals surface area contributed by atoms with E-state index in [1.165, 1.54) is 13.3 Å². The first-order valence-electron chi connectivity index (χ1n) is 14.0. The van der Waals surface area contributed by atoms with Gasteiger partial charge in [0, 0.05) is 25.9 Å². The second-order valence-corrected chi connectivity index (χ2v) is 10.2. The zero-order valence-electron chi connectivity index (χ0n) is 23.4. The summed E-state index contributed by atoms with van der Waals surface area (Å²) in [6.07, 6.45) is 5.32. The molecule has 0 saturated heterocycles. The zero-order valence-corrected chi connectivity index (χ0v) is 23.4. The van der Waals surface area contributed by atoms with Crippen molar-refractivity contribution >= 4 is 23.6 Å². The quantitative estimate of drug-likeness (QED) is 0.251. The lowest BCUT2D eigenvalue weighted by Gasteiger charge is -2.23. The fourth-order valence-electron chi connectivity index (χ4n) is 4.57. The molecule has 5 N–H and O–H groups in total. The smallest absolute Gasteiger partial charge is 0.273 e. The van der Waals surface area contributed by atoms with E-state index in [9.17, 15) is 24.3 Å². The van der Waals surface area contributed by atoms with Gasteiger partial charge in [0.2, 0.25) is 23.6 Å². The van der Waals surface area contributed by atoms with Crippen molar-refractivity contribution in [3.8, 4) is 0 Å². The molecule has 0 unspecified atom stereocenters. The summed E-state index contributed by atoms with van der Waals surface area (Å²) in [5.74, 6) is -1.88. The number of aryl methyl sites for hydroxylation is 1. The second kappa shape index (κ2) is 14.9. The number of hydrogen-bond acceptors (Lipinski definition) is 9. The normalized spacial score (nSPS) is 21.1. The molecule has 42 heavy (non-hydrogen) atoms. The van der Waals surface area contributed by atoms with Crippen LogP contribution in [-0.4, -0.2) is 73.2 Å². The Morgan fingerprint density at radius 2 is 1.98 bits per heavy atom. The monoisotopic (exact) mass is 580 g/mol. The highest BCUT2D eigenvalue weighted by atomic mass is 16.3. The van der Waals surface area contributed by atoms with Gasteiger partial charge in [-0.25, -0.2) is 9.97 Å². The van der Waals surface area contributed by atoms with E-state index in [0.717, 1.165) is 11.8 Å². The van der Waals surface area contributed by atoms with E-state index in [2.05, 4.69) is 36.3 Å². The minimum absolute atomic E-state index is 0.0837. The summed E-state index contributed by atoms with van der Waals surface area (Å²) in [6, 6.07) is 6.58. The number of benzene rings is 1. The van der Waals surface area contributed by atoms with Gasteiger partial charge in [0.15, 0.2) is 5.69 Å². The number of aliphatic hydroxyl groups excluding tert-OH is 1. The highest BCUT2D eigenvalue weighted by molar-refractivity contribution is 5.96. The first-order chi connectivity index (χ1) is 20.3. The minimum atomic E-state index is -1.20. The molecule has 3 aromatic rings. The van der Waals surface area contributed by atoms with Gasteiger partial charge in [-0.2, -0.15) is 5.10 Å². The van der Waals surface area contributed by atoms with Crippen molar-refractivity contribution in [2.24, 2.45) is 0 Å². The summed E-state index contributed by atoms with van der Waals surface area (Å²) in [7, 11) is 0. The first kappa shape index (κ1) is 30.4. The van der Waals surface area contributed by atoms with Gasteiger partial charge in [-0.05, 0) is 38.2 Å². The van der Waals surface area contributed by atoms with E-state index in [4.69, 9.17) is 4.42 Å². The molecule has 3 heterocycles. The van der Waals surface area contributed by atoms with Gasteiger partial charge < -0.3 is 30.8 Å². The molecule has 4 amide bonds. The van der Waals surface area contributed by atoms with Crippen LogP contribution in [0.25, 0.3) is 0 Å². The van der Waals surface area contributed by atoms with Crippen LogP contribution in [0.2, 0.25) is 0 Å². The van der Waals surface area contributed by atoms with Crippen LogP contribution in [0.1, 0.15) is 67.0 Å². The maximum absolute atomic E-state index is 13.6. The average Bonchev–Trinajstić information content (AvgIpc) is 3.67.